The van der Waals surface area contributed by atoms with Gasteiger partial charge in [0.05, 0.1) is 23.0 Å². The smallest absolute Gasteiger partial charge is 0.247 e. The molecule has 2 heterocycles. The molecule has 1 atom stereocenters. The maximum absolute atomic E-state index is 6.19. The summed E-state index contributed by atoms with van der Waals surface area (Å²) in [6.07, 6.45) is 0.761. The van der Waals surface area contributed by atoms with Crippen LogP contribution in [0.4, 0.5) is 11.6 Å². The number of hydrogen-bond donors (Lipinski definition) is 0. The van der Waals surface area contributed by atoms with Gasteiger partial charge in [0, 0.05) is 42.2 Å². The van der Waals surface area contributed by atoms with Crippen LogP contribution in [0, 0.1) is 6.92 Å². The zero-order valence-corrected chi connectivity index (χ0v) is 22.4. The quantitative estimate of drug-likeness (QED) is 0.240. The van der Waals surface area contributed by atoms with E-state index in [9.17, 15) is 0 Å². The molecule has 6 heteroatoms. The van der Waals surface area contributed by atoms with Gasteiger partial charge in [-0.2, -0.15) is 5.10 Å². The maximum atomic E-state index is 6.19. The zero-order chi connectivity index (χ0) is 26.2. The Bertz CT molecular complexity index is 1640. The number of fused-ring (bicyclic) bond motifs is 1. The van der Waals surface area contributed by atoms with E-state index in [2.05, 4.69) is 66.4 Å². The number of para-hydroxylation sites is 1. The summed E-state index contributed by atoms with van der Waals surface area (Å²) in [4.78, 5) is 12.2. The highest BCUT2D eigenvalue weighted by atomic mass is 35.5. The Kier molecular flexibility index (Phi) is 6.30. The van der Waals surface area contributed by atoms with E-state index in [4.69, 9.17) is 26.7 Å². The standard InChI is InChI=1S/C32H28ClN5/c1-21-7-6-8-24(19-21)30-20-29(22-13-17-26(18-14-22)37(2)3)36-38(30)32-34-28-10-5-4-9-27(28)31(35-32)23-11-15-25(33)16-12-23/h4-19,30H,20H2,1-3H3. The van der Waals surface area contributed by atoms with Gasteiger partial charge in [0.15, 0.2) is 0 Å². The first-order valence-electron chi connectivity index (χ1n) is 12.7. The summed E-state index contributed by atoms with van der Waals surface area (Å²) < 4.78 is 0. The third kappa shape index (κ3) is 4.61. The minimum Gasteiger partial charge on any atom is -0.378 e. The third-order valence-corrected chi connectivity index (χ3v) is 7.22. The van der Waals surface area contributed by atoms with Crippen molar-refractivity contribution in [2.45, 2.75) is 19.4 Å². The van der Waals surface area contributed by atoms with Gasteiger partial charge < -0.3 is 4.90 Å². The predicted molar refractivity (Wildman–Crippen MR) is 158 cm³/mol. The lowest BCUT2D eigenvalue weighted by Gasteiger charge is -2.23. The summed E-state index contributed by atoms with van der Waals surface area (Å²) in [5, 5.41) is 8.82. The number of nitrogens with zero attached hydrogens (tertiary/aromatic N) is 5. The summed E-state index contributed by atoms with van der Waals surface area (Å²) in [6, 6.07) is 33.1. The molecule has 6 rings (SSSR count). The van der Waals surface area contributed by atoms with E-state index in [1.807, 2.05) is 61.6 Å². The highest BCUT2D eigenvalue weighted by molar-refractivity contribution is 6.30. The van der Waals surface area contributed by atoms with E-state index < -0.39 is 0 Å². The van der Waals surface area contributed by atoms with Crippen molar-refractivity contribution in [3.63, 3.8) is 0 Å². The number of hydrogen-bond acceptors (Lipinski definition) is 5. The summed E-state index contributed by atoms with van der Waals surface area (Å²) in [5.41, 5.74) is 8.43. The Hall–Kier alpha value is -4.22. The van der Waals surface area contributed by atoms with E-state index in [1.165, 1.54) is 11.1 Å². The molecule has 0 fully saturated rings. The van der Waals surface area contributed by atoms with Gasteiger partial charge in [0.25, 0.3) is 0 Å². The van der Waals surface area contributed by atoms with Crippen LogP contribution >= 0.6 is 11.6 Å². The van der Waals surface area contributed by atoms with Crippen molar-refractivity contribution in [2.75, 3.05) is 24.0 Å². The van der Waals surface area contributed by atoms with Crippen LogP contribution in [-0.2, 0) is 0 Å². The number of aryl methyl sites for hydroxylation is 1. The molecule has 0 saturated heterocycles. The van der Waals surface area contributed by atoms with E-state index >= 15 is 0 Å². The number of anilines is 2. The van der Waals surface area contributed by atoms with E-state index in [0.717, 1.165) is 45.5 Å². The molecule has 0 aliphatic carbocycles. The average molecular weight is 518 g/mol. The molecule has 0 amide bonds. The van der Waals surface area contributed by atoms with Gasteiger partial charge in [-0.05, 0) is 48.4 Å². The van der Waals surface area contributed by atoms with Crippen LogP contribution < -0.4 is 9.91 Å². The zero-order valence-electron chi connectivity index (χ0n) is 21.6. The highest BCUT2D eigenvalue weighted by Crippen LogP contribution is 2.38. The third-order valence-electron chi connectivity index (χ3n) is 6.97. The Morgan fingerprint density at radius 3 is 2.29 bits per heavy atom. The molecule has 1 aromatic heterocycles. The predicted octanol–water partition coefficient (Wildman–Crippen LogP) is 7.68. The summed E-state index contributed by atoms with van der Waals surface area (Å²) in [7, 11) is 4.10. The van der Waals surface area contributed by atoms with Crippen molar-refractivity contribution in [3.05, 3.63) is 119 Å². The fourth-order valence-electron chi connectivity index (χ4n) is 4.95. The molecule has 4 aromatic carbocycles. The van der Waals surface area contributed by atoms with Gasteiger partial charge in [-0.3, -0.25) is 0 Å². The number of rotatable bonds is 5. The lowest BCUT2D eigenvalue weighted by atomic mass is 9.97. The lowest BCUT2D eigenvalue weighted by molar-refractivity contribution is 0.688. The van der Waals surface area contributed by atoms with Crippen LogP contribution in [0.25, 0.3) is 22.2 Å². The molecule has 188 valence electrons. The van der Waals surface area contributed by atoms with Crippen molar-refractivity contribution in [3.8, 4) is 11.3 Å². The van der Waals surface area contributed by atoms with E-state index in [1.54, 1.807) is 0 Å². The Morgan fingerprint density at radius 1 is 0.816 bits per heavy atom. The minimum atomic E-state index is -0.0161. The van der Waals surface area contributed by atoms with Crippen molar-refractivity contribution in [1.29, 1.82) is 0 Å². The molecule has 0 radical (unpaired) electrons. The van der Waals surface area contributed by atoms with Gasteiger partial charge in [0.2, 0.25) is 5.95 Å². The van der Waals surface area contributed by atoms with Crippen LogP contribution in [0.3, 0.4) is 0 Å². The lowest BCUT2D eigenvalue weighted by Crippen LogP contribution is -2.21. The molecular weight excluding hydrogens is 490 g/mol. The first-order chi connectivity index (χ1) is 18.5. The first kappa shape index (κ1) is 24.1. The molecular formula is C32H28ClN5. The number of aromatic nitrogens is 2. The number of benzene rings is 4. The summed E-state index contributed by atoms with van der Waals surface area (Å²) >= 11 is 6.19. The Morgan fingerprint density at radius 2 is 1.55 bits per heavy atom. The van der Waals surface area contributed by atoms with Crippen molar-refractivity contribution in [2.24, 2.45) is 5.10 Å². The Labute approximate surface area is 228 Å². The fraction of sp³-hybridized carbons (Fsp3) is 0.156. The van der Waals surface area contributed by atoms with Crippen molar-refractivity contribution < 1.29 is 0 Å². The van der Waals surface area contributed by atoms with Crippen LogP contribution in [0.2, 0.25) is 5.02 Å². The molecule has 0 N–H and O–H groups in total. The largest absolute Gasteiger partial charge is 0.378 e. The van der Waals surface area contributed by atoms with Crippen LogP contribution in [0.15, 0.2) is 102 Å². The normalized spacial score (nSPS) is 15.1. The van der Waals surface area contributed by atoms with E-state index in [-0.39, 0.29) is 6.04 Å². The number of hydrazone groups is 1. The van der Waals surface area contributed by atoms with Crippen LogP contribution in [0.1, 0.15) is 29.2 Å². The molecule has 0 spiro atoms. The molecule has 1 aliphatic heterocycles. The second-order valence-corrected chi connectivity index (χ2v) is 10.3. The summed E-state index contributed by atoms with van der Waals surface area (Å²) in [5.74, 6) is 0.583. The molecule has 5 nitrogen and oxygen atoms in total. The number of halogens is 1. The van der Waals surface area contributed by atoms with Gasteiger partial charge in [-0.25, -0.2) is 15.0 Å². The molecule has 5 aromatic rings. The second kappa shape index (κ2) is 9.92. The topological polar surface area (TPSA) is 44.6 Å². The minimum absolute atomic E-state index is 0.0161. The van der Waals surface area contributed by atoms with Crippen molar-refractivity contribution >= 4 is 39.9 Å². The fourth-order valence-corrected chi connectivity index (χ4v) is 5.08. The van der Waals surface area contributed by atoms with Crippen LogP contribution in [0.5, 0.6) is 0 Å². The van der Waals surface area contributed by atoms with Gasteiger partial charge in [-0.15, -0.1) is 0 Å². The van der Waals surface area contributed by atoms with E-state index in [0.29, 0.717) is 11.0 Å². The SMILES string of the molecule is Cc1cccc(C2CC(c3ccc(N(C)C)cc3)=NN2c2nc(-c3ccc(Cl)cc3)c3ccccc3n2)c1. The monoisotopic (exact) mass is 517 g/mol. The average Bonchev–Trinajstić information content (AvgIpc) is 3.39. The van der Waals surface area contributed by atoms with Gasteiger partial charge >= 0.3 is 0 Å². The first-order valence-corrected chi connectivity index (χ1v) is 13.1. The second-order valence-electron chi connectivity index (χ2n) is 9.86. The van der Waals surface area contributed by atoms with Crippen LogP contribution in [-0.4, -0.2) is 29.8 Å². The van der Waals surface area contributed by atoms with Gasteiger partial charge in [0.1, 0.15) is 0 Å². The van der Waals surface area contributed by atoms with Crippen molar-refractivity contribution in [1.82, 2.24) is 9.97 Å². The molecule has 38 heavy (non-hydrogen) atoms. The molecule has 1 aliphatic rings. The molecule has 1 unspecified atom stereocenters. The Balaban J connectivity index is 1.50. The highest BCUT2D eigenvalue weighted by Gasteiger charge is 2.32. The molecule has 0 saturated carbocycles. The maximum Gasteiger partial charge on any atom is 0.247 e. The van der Waals surface area contributed by atoms with Gasteiger partial charge in [-0.1, -0.05) is 83.9 Å². The summed E-state index contributed by atoms with van der Waals surface area (Å²) in [6.45, 7) is 2.12. The molecule has 0 bridgehead atoms.